The molecular formula is C15H17ClN2. The normalized spacial score (nSPS) is 12.1. The number of pyridine rings is 1. The number of rotatable bonds is 4. The van der Waals surface area contributed by atoms with Crippen molar-refractivity contribution in [3.05, 3.63) is 46.6 Å². The van der Waals surface area contributed by atoms with E-state index < -0.39 is 0 Å². The van der Waals surface area contributed by atoms with Gasteiger partial charge in [-0.05, 0) is 31.7 Å². The van der Waals surface area contributed by atoms with Crippen LogP contribution in [0.2, 0.25) is 5.02 Å². The molecule has 2 nitrogen and oxygen atoms in total. The number of likely N-dealkylation sites (N-methyl/N-ethyl adjacent to an activating group) is 1. The number of hydrogen-bond donors (Lipinski definition) is 1. The molecule has 0 atom stereocenters. The minimum Gasteiger partial charge on any atom is -0.313 e. The maximum Gasteiger partial charge on any atom is 0.0789 e. The Hall–Kier alpha value is -1.38. The highest BCUT2D eigenvalue weighted by Crippen LogP contribution is 2.25. The third-order valence-electron chi connectivity index (χ3n) is 2.80. The Bertz CT molecular complexity index is 576. The average Bonchev–Trinajstić information content (AvgIpc) is 2.40. The average molecular weight is 261 g/mol. The molecule has 3 heteroatoms. The molecule has 0 radical (unpaired) electrons. The minimum absolute atomic E-state index is 0.750. The van der Waals surface area contributed by atoms with E-state index in [1.165, 1.54) is 5.57 Å². The summed E-state index contributed by atoms with van der Waals surface area (Å²) in [5.41, 5.74) is 3.36. The summed E-state index contributed by atoms with van der Waals surface area (Å²) in [5.74, 6) is 0. The fourth-order valence-corrected chi connectivity index (χ4v) is 2.13. The Kier molecular flexibility index (Phi) is 4.34. The Balaban J connectivity index is 2.43. The van der Waals surface area contributed by atoms with E-state index >= 15 is 0 Å². The predicted octanol–water partition coefficient (Wildman–Crippen LogP) is 3.90. The van der Waals surface area contributed by atoms with Gasteiger partial charge >= 0.3 is 0 Å². The molecule has 0 bridgehead atoms. The van der Waals surface area contributed by atoms with E-state index in [9.17, 15) is 0 Å². The molecule has 0 fully saturated rings. The summed E-state index contributed by atoms with van der Waals surface area (Å²) in [6.07, 6.45) is 3.96. The summed E-state index contributed by atoms with van der Waals surface area (Å²) in [7, 11) is 0. The molecule has 0 saturated heterocycles. The van der Waals surface area contributed by atoms with Gasteiger partial charge in [0.2, 0.25) is 0 Å². The van der Waals surface area contributed by atoms with E-state index in [-0.39, 0.29) is 0 Å². The maximum absolute atomic E-state index is 6.18. The molecule has 1 aromatic heterocycles. The van der Waals surface area contributed by atoms with E-state index in [1.807, 2.05) is 24.3 Å². The summed E-state index contributed by atoms with van der Waals surface area (Å²) < 4.78 is 0. The quantitative estimate of drug-likeness (QED) is 0.902. The smallest absolute Gasteiger partial charge is 0.0789 e. The van der Waals surface area contributed by atoms with Crippen LogP contribution < -0.4 is 5.32 Å². The molecular weight excluding hydrogens is 244 g/mol. The van der Waals surface area contributed by atoms with E-state index in [1.54, 1.807) is 6.20 Å². The standard InChI is InChI=1S/C15H17ClN2/c1-3-17-10-11(2)9-12-6-7-14(16)13-5-4-8-18-15(12)13/h4-9,17H,3,10H2,1-2H3/b11-9+. The van der Waals surface area contributed by atoms with Crippen molar-refractivity contribution < 1.29 is 0 Å². The van der Waals surface area contributed by atoms with Crippen LogP contribution in [0, 0.1) is 0 Å². The molecule has 2 aromatic rings. The van der Waals surface area contributed by atoms with Crippen molar-refractivity contribution in [3.63, 3.8) is 0 Å². The van der Waals surface area contributed by atoms with Crippen molar-refractivity contribution in [1.29, 1.82) is 0 Å². The molecule has 2 rings (SSSR count). The van der Waals surface area contributed by atoms with Crippen molar-refractivity contribution in [2.45, 2.75) is 13.8 Å². The number of benzene rings is 1. The third kappa shape index (κ3) is 2.89. The maximum atomic E-state index is 6.18. The first-order valence-corrected chi connectivity index (χ1v) is 6.51. The number of hydrogen-bond acceptors (Lipinski definition) is 2. The monoisotopic (exact) mass is 260 g/mol. The highest BCUT2D eigenvalue weighted by atomic mass is 35.5. The minimum atomic E-state index is 0.750. The largest absolute Gasteiger partial charge is 0.313 e. The lowest BCUT2D eigenvalue weighted by molar-refractivity contribution is 0.779. The van der Waals surface area contributed by atoms with Crippen molar-refractivity contribution in [3.8, 4) is 0 Å². The van der Waals surface area contributed by atoms with Crippen molar-refractivity contribution in [1.82, 2.24) is 10.3 Å². The second-order valence-electron chi connectivity index (χ2n) is 4.31. The molecule has 0 amide bonds. The summed E-state index contributed by atoms with van der Waals surface area (Å²) >= 11 is 6.18. The highest BCUT2D eigenvalue weighted by Gasteiger charge is 2.03. The Morgan fingerprint density at radius 2 is 2.22 bits per heavy atom. The fourth-order valence-electron chi connectivity index (χ4n) is 1.91. The lowest BCUT2D eigenvalue weighted by atomic mass is 10.1. The Morgan fingerprint density at radius 3 is 3.00 bits per heavy atom. The second kappa shape index (κ2) is 5.98. The molecule has 0 aliphatic heterocycles. The van der Waals surface area contributed by atoms with E-state index in [0.717, 1.165) is 34.6 Å². The van der Waals surface area contributed by atoms with Crippen LogP contribution in [0.5, 0.6) is 0 Å². The summed E-state index contributed by atoms with van der Waals surface area (Å²) in [5, 5.41) is 5.07. The molecule has 0 spiro atoms. The van der Waals surface area contributed by atoms with Crippen LogP contribution >= 0.6 is 11.6 Å². The first-order valence-electron chi connectivity index (χ1n) is 6.13. The molecule has 1 heterocycles. The molecule has 0 unspecified atom stereocenters. The van der Waals surface area contributed by atoms with Crippen molar-refractivity contribution in [2.75, 3.05) is 13.1 Å². The van der Waals surface area contributed by atoms with Gasteiger partial charge in [0.25, 0.3) is 0 Å². The van der Waals surface area contributed by atoms with Crippen LogP contribution in [0.3, 0.4) is 0 Å². The summed E-state index contributed by atoms with van der Waals surface area (Å²) in [6, 6.07) is 7.86. The SMILES string of the molecule is CCNC/C(C)=C/c1ccc(Cl)c2cccnc12. The zero-order valence-electron chi connectivity index (χ0n) is 10.7. The van der Waals surface area contributed by atoms with E-state index in [4.69, 9.17) is 11.6 Å². The molecule has 94 valence electrons. The van der Waals surface area contributed by atoms with Gasteiger partial charge in [-0.25, -0.2) is 0 Å². The zero-order valence-corrected chi connectivity index (χ0v) is 11.5. The van der Waals surface area contributed by atoms with Gasteiger partial charge in [0.1, 0.15) is 0 Å². The zero-order chi connectivity index (χ0) is 13.0. The van der Waals surface area contributed by atoms with Crippen LogP contribution in [0.15, 0.2) is 36.0 Å². The van der Waals surface area contributed by atoms with Crippen LogP contribution in [0.1, 0.15) is 19.4 Å². The number of aromatic nitrogens is 1. The Morgan fingerprint density at radius 1 is 1.39 bits per heavy atom. The molecule has 0 saturated carbocycles. The molecule has 0 aliphatic rings. The second-order valence-corrected chi connectivity index (χ2v) is 4.71. The van der Waals surface area contributed by atoms with Gasteiger partial charge < -0.3 is 5.32 Å². The lowest BCUT2D eigenvalue weighted by Crippen LogP contribution is -2.14. The predicted molar refractivity (Wildman–Crippen MR) is 78.9 cm³/mol. The van der Waals surface area contributed by atoms with Gasteiger partial charge in [-0.15, -0.1) is 0 Å². The third-order valence-corrected chi connectivity index (χ3v) is 3.13. The van der Waals surface area contributed by atoms with Crippen LogP contribution in [0.4, 0.5) is 0 Å². The van der Waals surface area contributed by atoms with Crippen molar-refractivity contribution in [2.24, 2.45) is 0 Å². The summed E-state index contributed by atoms with van der Waals surface area (Å²) in [6.45, 7) is 6.09. The topological polar surface area (TPSA) is 24.9 Å². The highest BCUT2D eigenvalue weighted by molar-refractivity contribution is 6.35. The van der Waals surface area contributed by atoms with Gasteiger partial charge in [-0.3, -0.25) is 4.98 Å². The first kappa shape index (κ1) is 13.1. The molecule has 1 N–H and O–H groups in total. The number of fused-ring (bicyclic) bond motifs is 1. The van der Waals surface area contributed by atoms with Gasteiger partial charge in [0.15, 0.2) is 0 Å². The van der Waals surface area contributed by atoms with Gasteiger partial charge in [0.05, 0.1) is 10.5 Å². The van der Waals surface area contributed by atoms with Crippen LogP contribution in [-0.4, -0.2) is 18.1 Å². The molecule has 18 heavy (non-hydrogen) atoms. The Labute approximate surface area is 113 Å². The van der Waals surface area contributed by atoms with Crippen LogP contribution in [0.25, 0.3) is 17.0 Å². The van der Waals surface area contributed by atoms with Crippen molar-refractivity contribution >= 4 is 28.6 Å². The van der Waals surface area contributed by atoms with Gasteiger partial charge in [-0.2, -0.15) is 0 Å². The number of nitrogens with zero attached hydrogens (tertiary/aromatic N) is 1. The summed E-state index contributed by atoms with van der Waals surface area (Å²) in [4.78, 5) is 4.43. The van der Waals surface area contributed by atoms with E-state index in [0.29, 0.717) is 0 Å². The first-order chi connectivity index (χ1) is 8.72. The van der Waals surface area contributed by atoms with Crippen LogP contribution in [-0.2, 0) is 0 Å². The van der Waals surface area contributed by atoms with Gasteiger partial charge in [-0.1, -0.05) is 36.2 Å². The number of nitrogens with one attached hydrogen (secondary N) is 1. The molecule has 0 aliphatic carbocycles. The molecule has 1 aromatic carbocycles. The lowest BCUT2D eigenvalue weighted by Gasteiger charge is -2.06. The van der Waals surface area contributed by atoms with Gasteiger partial charge in [0, 0.05) is 23.7 Å². The fraction of sp³-hybridized carbons (Fsp3) is 0.267. The van der Waals surface area contributed by atoms with E-state index in [2.05, 4.69) is 30.2 Å². The number of halogens is 1.